The number of aliphatic hydroxyl groups excluding tert-OH is 1. The molecule has 0 heterocycles. The molecule has 26 heavy (non-hydrogen) atoms. The Morgan fingerprint density at radius 2 is 1.38 bits per heavy atom. The minimum Gasteiger partial charge on any atom is -0.387 e. The van der Waals surface area contributed by atoms with E-state index in [2.05, 4.69) is 60.4 Å². The van der Waals surface area contributed by atoms with Crippen LogP contribution in [0, 0.1) is 6.92 Å². The van der Waals surface area contributed by atoms with Crippen molar-refractivity contribution in [1.82, 2.24) is 4.90 Å². The topological polar surface area (TPSA) is 23.5 Å². The number of aliphatic hydroxyl groups is 1. The minimum atomic E-state index is -0.474. The van der Waals surface area contributed by atoms with Crippen LogP contribution in [0.1, 0.15) is 28.4 Å². The molecule has 0 unspecified atom stereocenters. The zero-order valence-corrected chi connectivity index (χ0v) is 15.4. The van der Waals surface area contributed by atoms with Crippen LogP contribution in [-0.4, -0.2) is 23.1 Å². The molecule has 0 aliphatic heterocycles. The molecule has 2 heteroatoms. The summed E-state index contributed by atoms with van der Waals surface area (Å²) < 4.78 is 0. The summed E-state index contributed by atoms with van der Waals surface area (Å²) in [6.07, 6.45) is 0.507. The molecule has 1 N–H and O–H groups in total. The molecule has 0 saturated carbocycles. The van der Waals surface area contributed by atoms with Gasteiger partial charge >= 0.3 is 0 Å². The number of nitrogens with zero attached hydrogens (tertiary/aromatic N) is 1. The Morgan fingerprint density at radius 3 is 2.04 bits per heavy atom. The largest absolute Gasteiger partial charge is 0.387 e. The van der Waals surface area contributed by atoms with Crippen LogP contribution in [0.2, 0.25) is 0 Å². The van der Waals surface area contributed by atoms with Gasteiger partial charge in [-0.2, -0.15) is 0 Å². The highest BCUT2D eigenvalue weighted by Crippen LogP contribution is 2.16. The van der Waals surface area contributed by atoms with Crippen molar-refractivity contribution in [2.24, 2.45) is 0 Å². The molecule has 0 saturated heterocycles. The zero-order valence-electron chi connectivity index (χ0n) is 15.4. The third-order valence-electron chi connectivity index (χ3n) is 4.70. The van der Waals surface area contributed by atoms with Crippen molar-refractivity contribution in [3.8, 4) is 0 Å². The Labute approximate surface area is 156 Å². The monoisotopic (exact) mass is 345 g/mol. The van der Waals surface area contributed by atoms with E-state index >= 15 is 0 Å². The first-order valence-corrected chi connectivity index (χ1v) is 9.25. The molecule has 3 aromatic carbocycles. The fourth-order valence-electron chi connectivity index (χ4n) is 3.14. The molecular weight excluding hydrogens is 318 g/mol. The van der Waals surface area contributed by atoms with Gasteiger partial charge in [-0.25, -0.2) is 0 Å². The second-order valence-corrected chi connectivity index (χ2v) is 6.88. The van der Waals surface area contributed by atoms with Gasteiger partial charge < -0.3 is 5.11 Å². The van der Waals surface area contributed by atoms with Crippen LogP contribution in [0.5, 0.6) is 0 Å². The van der Waals surface area contributed by atoms with Crippen LogP contribution in [-0.2, 0) is 13.0 Å². The summed E-state index contributed by atoms with van der Waals surface area (Å²) in [5, 5.41) is 10.7. The van der Waals surface area contributed by atoms with Crippen LogP contribution in [0.3, 0.4) is 0 Å². The summed E-state index contributed by atoms with van der Waals surface area (Å²) in [7, 11) is 0. The molecule has 0 amide bonds. The van der Waals surface area contributed by atoms with E-state index in [9.17, 15) is 5.11 Å². The molecule has 3 rings (SSSR count). The molecule has 0 radical (unpaired) electrons. The first-order valence-electron chi connectivity index (χ1n) is 9.25. The summed E-state index contributed by atoms with van der Waals surface area (Å²) in [6.45, 7) is 4.50. The lowest BCUT2D eigenvalue weighted by Gasteiger charge is -2.25. The van der Waals surface area contributed by atoms with Gasteiger partial charge in [0.15, 0.2) is 0 Å². The van der Waals surface area contributed by atoms with E-state index in [-0.39, 0.29) is 0 Å². The molecule has 0 aliphatic carbocycles. The molecular formula is C24H27NO. The first kappa shape index (κ1) is 18.4. The van der Waals surface area contributed by atoms with E-state index < -0.39 is 6.10 Å². The second kappa shape index (κ2) is 9.33. The Morgan fingerprint density at radius 1 is 0.769 bits per heavy atom. The van der Waals surface area contributed by atoms with Gasteiger partial charge in [-0.15, -0.1) is 0 Å². The normalized spacial score (nSPS) is 12.3. The van der Waals surface area contributed by atoms with E-state index in [1.165, 1.54) is 16.7 Å². The van der Waals surface area contributed by atoms with Crippen LogP contribution >= 0.6 is 0 Å². The Hall–Kier alpha value is -2.42. The summed E-state index contributed by atoms with van der Waals surface area (Å²) in [4.78, 5) is 2.34. The molecule has 3 aromatic rings. The lowest BCUT2D eigenvalue weighted by molar-refractivity contribution is 0.109. The van der Waals surface area contributed by atoms with Crippen LogP contribution in [0.15, 0.2) is 84.9 Å². The maximum Gasteiger partial charge on any atom is 0.0917 e. The summed E-state index contributed by atoms with van der Waals surface area (Å²) in [5.74, 6) is 0. The van der Waals surface area contributed by atoms with E-state index in [1.54, 1.807) is 0 Å². The average molecular weight is 345 g/mol. The number of rotatable bonds is 8. The smallest absolute Gasteiger partial charge is 0.0917 e. The van der Waals surface area contributed by atoms with Crippen molar-refractivity contribution in [2.75, 3.05) is 13.1 Å². The van der Waals surface area contributed by atoms with Crippen LogP contribution in [0.4, 0.5) is 0 Å². The Kier molecular flexibility index (Phi) is 6.59. The molecule has 0 fully saturated rings. The van der Waals surface area contributed by atoms with Crippen molar-refractivity contribution in [1.29, 1.82) is 0 Å². The van der Waals surface area contributed by atoms with E-state index in [4.69, 9.17) is 0 Å². The summed E-state index contributed by atoms with van der Waals surface area (Å²) in [6, 6.07) is 29.1. The predicted octanol–water partition coefficient (Wildman–Crippen LogP) is 4.77. The maximum atomic E-state index is 10.7. The molecule has 0 bridgehead atoms. The van der Waals surface area contributed by atoms with Crippen LogP contribution in [0.25, 0.3) is 0 Å². The first-order chi connectivity index (χ1) is 12.7. The number of hydrogen-bond acceptors (Lipinski definition) is 2. The highest BCUT2D eigenvalue weighted by Gasteiger charge is 2.14. The van der Waals surface area contributed by atoms with Gasteiger partial charge in [0.25, 0.3) is 0 Å². The summed E-state index contributed by atoms with van der Waals surface area (Å²) >= 11 is 0. The molecule has 0 aromatic heterocycles. The molecule has 1 atom stereocenters. The van der Waals surface area contributed by atoms with E-state index in [0.717, 1.165) is 25.1 Å². The van der Waals surface area contributed by atoms with Gasteiger partial charge in [0.05, 0.1) is 6.10 Å². The number of aryl methyl sites for hydroxylation is 1. The van der Waals surface area contributed by atoms with Gasteiger partial charge in [-0.1, -0.05) is 90.5 Å². The Bertz CT molecular complexity index is 768. The standard InChI is InChI=1S/C24H27NO/c1-20-12-14-21(15-13-20)16-17-25(18-22-8-4-2-5-9-22)19-24(26)23-10-6-3-7-11-23/h2-15,24,26H,16-19H2,1H3/t24-/m1/s1. The lowest BCUT2D eigenvalue weighted by atomic mass is 10.1. The van der Waals surface area contributed by atoms with Crippen molar-refractivity contribution < 1.29 is 5.11 Å². The fourth-order valence-corrected chi connectivity index (χ4v) is 3.14. The second-order valence-electron chi connectivity index (χ2n) is 6.88. The molecule has 2 nitrogen and oxygen atoms in total. The Balaban J connectivity index is 1.67. The van der Waals surface area contributed by atoms with Crippen molar-refractivity contribution in [3.63, 3.8) is 0 Å². The van der Waals surface area contributed by atoms with Gasteiger partial charge in [-0.05, 0) is 30.0 Å². The molecule has 0 spiro atoms. The number of hydrogen-bond donors (Lipinski definition) is 1. The zero-order chi connectivity index (χ0) is 18.2. The minimum absolute atomic E-state index is 0.474. The predicted molar refractivity (Wildman–Crippen MR) is 108 cm³/mol. The van der Waals surface area contributed by atoms with Gasteiger partial charge in [-0.3, -0.25) is 4.90 Å². The summed E-state index contributed by atoms with van der Waals surface area (Å²) in [5.41, 5.74) is 4.87. The maximum absolute atomic E-state index is 10.7. The molecule has 134 valence electrons. The average Bonchev–Trinajstić information content (AvgIpc) is 2.69. The SMILES string of the molecule is Cc1ccc(CCN(Cc2ccccc2)C[C@@H](O)c2ccccc2)cc1. The lowest BCUT2D eigenvalue weighted by Crippen LogP contribution is -2.30. The fraction of sp³-hybridized carbons (Fsp3) is 0.250. The third-order valence-corrected chi connectivity index (χ3v) is 4.70. The highest BCUT2D eigenvalue weighted by molar-refractivity contribution is 5.22. The third kappa shape index (κ3) is 5.55. The van der Waals surface area contributed by atoms with Crippen molar-refractivity contribution in [2.45, 2.75) is 26.0 Å². The van der Waals surface area contributed by atoms with Crippen molar-refractivity contribution >= 4 is 0 Å². The quantitative estimate of drug-likeness (QED) is 0.635. The van der Waals surface area contributed by atoms with Crippen molar-refractivity contribution in [3.05, 3.63) is 107 Å². The number of benzene rings is 3. The highest BCUT2D eigenvalue weighted by atomic mass is 16.3. The molecule has 0 aliphatic rings. The van der Waals surface area contributed by atoms with Crippen LogP contribution < -0.4 is 0 Å². The van der Waals surface area contributed by atoms with E-state index in [0.29, 0.717) is 6.54 Å². The van der Waals surface area contributed by atoms with Gasteiger partial charge in [0.2, 0.25) is 0 Å². The van der Waals surface area contributed by atoms with E-state index in [1.807, 2.05) is 36.4 Å². The van der Waals surface area contributed by atoms with Gasteiger partial charge in [0, 0.05) is 19.6 Å². The van der Waals surface area contributed by atoms with Gasteiger partial charge in [0.1, 0.15) is 0 Å².